The monoisotopic (exact) mass is 489 g/mol. The number of hydrogen-bond acceptors (Lipinski definition) is 4. The molecule has 5 nitrogen and oxygen atoms in total. The summed E-state index contributed by atoms with van der Waals surface area (Å²) in [6, 6.07) is 24.5. The highest BCUT2D eigenvalue weighted by atomic mass is 32.1. The van der Waals surface area contributed by atoms with Crippen molar-refractivity contribution in [3.8, 4) is 5.75 Å². The van der Waals surface area contributed by atoms with Gasteiger partial charge in [0.1, 0.15) is 5.75 Å². The van der Waals surface area contributed by atoms with Gasteiger partial charge in [0, 0.05) is 28.2 Å². The molecule has 3 aromatic carbocycles. The van der Waals surface area contributed by atoms with Crippen LogP contribution in [0.4, 0.5) is 0 Å². The van der Waals surface area contributed by atoms with Gasteiger partial charge in [-0.1, -0.05) is 65.9 Å². The fraction of sp³-hybridized carbons (Fsp3) is 0.133. The Labute approximate surface area is 211 Å². The lowest BCUT2D eigenvalue weighted by Gasteiger charge is -2.30. The number of benzene rings is 3. The first kappa shape index (κ1) is 21.1. The third-order valence-electron chi connectivity index (χ3n) is 7.21. The first-order valence-electron chi connectivity index (χ1n) is 12.0. The van der Waals surface area contributed by atoms with Gasteiger partial charge in [-0.05, 0) is 53.8 Å². The van der Waals surface area contributed by atoms with Gasteiger partial charge in [-0.25, -0.2) is 4.99 Å². The minimum atomic E-state index is -0.194. The molecule has 0 radical (unpaired) electrons. The van der Waals surface area contributed by atoms with E-state index in [2.05, 4.69) is 47.4 Å². The van der Waals surface area contributed by atoms with E-state index >= 15 is 0 Å². The number of aromatic amines is 1. The molecule has 3 heterocycles. The van der Waals surface area contributed by atoms with Gasteiger partial charge in [-0.2, -0.15) is 0 Å². The number of methoxy groups -OCH3 is 1. The fourth-order valence-electron chi connectivity index (χ4n) is 5.46. The Morgan fingerprint density at radius 2 is 1.83 bits per heavy atom. The fourth-order valence-corrected chi connectivity index (χ4v) is 6.46. The van der Waals surface area contributed by atoms with E-state index in [1.807, 2.05) is 47.2 Å². The van der Waals surface area contributed by atoms with Crippen LogP contribution in [0.15, 0.2) is 94.4 Å². The Morgan fingerprint density at radius 1 is 1.03 bits per heavy atom. The van der Waals surface area contributed by atoms with Gasteiger partial charge in [0.05, 0.1) is 23.4 Å². The highest BCUT2D eigenvalue weighted by molar-refractivity contribution is 7.07. The van der Waals surface area contributed by atoms with Crippen LogP contribution in [-0.4, -0.2) is 16.7 Å². The van der Waals surface area contributed by atoms with Gasteiger partial charge in [0.25, 0.3) is 5.56 Å². The smallest absolute Gasteiger partial charge is 0.271 e. The van der Waals surface area contributed by atoms with Crippen molar-refractivity contribution in [2.24, 2.45) is 4.99 Å². The molecule has 0 unspecified atom stereocenters. The van der Waals surface area contributed by atoms with Crippen LogP contribution in [0.3, 0.4) is 0 Å². The lowest BCUT2D eigenvalue weighted by Crippen LogP contribution is -2.38. The van der Waals surface area contributed by atoms with Crippen molar-refractivity contribution in [1.82, 2.24) is 9.55 Å². The van der Waals surface area contributed by atoms with Crippen molar-refractivity contribution in [3.63, 3.8) is 0 Å². The second-order valence-electron chi connectivity index (χ2n) is 9.18. The minimum absolute atomic E-state index is 0.00439. The number of ether oxygens (including phenoxy) is 1. The zero-order valence-corrected chi connectivity index (χ0v) is 20.5. The Hall–Kier alpha value is -4.16. The molecule has 0 spiro atoms. The minimum Gasteiger partial charge on any atom is -0.497 e. The normalized spacial score (nSPS) is 16.9. The molecule has 0 bridgehead atoms. The summed E-state index contributed by atoms with van der Waals surface area (Å²) in [4.78, 5) is 23.1. The molecular weight excluding hydrogens is 466 g/mol. The molecule has 176 valence electrons. The van der Waals surface area contributed by atoms with Crippen LogP contribution in [0.5, 0.6) is 5.75 Å². The summed E-state index contributed by atoms with van der Waals surface area (Å²) >= 11 is 1.46. The quantitative estimate of drug-likeness (QED) is 0.396. The molecule has 36 heavy (non-hydrogen) atoms. The molecule has 0 saturated heterocycles. The Morgan fingerprint density at radius 3 is 2.69 bits per heavy atom. The number of nitrogens with zero attached hydrogens (tertiary/aromatic N) is 2. The van der Waals surface area contributed by atoms with E-state index in [-0.39, 0.29) is 11.6 Å². The second kappa shape index (κ2) is 8.21. The number of H-pyrrole nitrogens is 1. The van der Waals surface area contributed by atoms with Crippen LogP contribution in [0.2, 0.25) is 0 Å². The van der Waals surface area contributed by atoms with Gasteiger partial charge < -0.3 is 9.72 Å². The summed E-state index contributed by atoms with van der Waals surface area (Å²) in [6.45, 7) is 0. The first-order chi connectivity index (χ1) is 17.7. The van der Waals surface area contributed by atoms with E-state index < -0.39 is 0 Å². The van der Waals surface area contributed by atoms with Crippen molar-refractivity contribution in [3.05, 3.63) is 127 Å². The van der Waals surface area contributed by atoms with E-state index in [0.717, 1.165) is 51.1 Å². The number of hydrogen-bond donors (Lipinski definition) is 1. The Bertz CT molecular complexity index is 1850. The van der Waals surface area contributed by atoms with Crippen LogP contribution in [0, 0.1) is 0 Å². The number of aromatic nitrogens is 2. The highest BCUT2D eigenvalue weighted by Gasteiger charge is 2.32. The molecule has 2 aromatic heterocycles. The SMILES string of the molecule is COc1ccc([C@H]2C3=C(N=c4s/c(=C/c5c[nH]c6ccccc56)c(=O)n42)c2ccccc2CC3)cc1. The molecule has 7 rings (SSSR count). The van der Waals surface area contributed by atoms with Gasteiger partial charge >= 0.3 is 0 Å². The average molecular weight is 490 g/mol. The maximum absolute atomic E-state index is 13.9. The van der Waals surface area contributed by atoms with Crippen molar-refractivity contribution in [2.45, 2.75) is 18.9 Å². The predicted molar refractivity (Wildman–Crippen MR) is 144 cm³/mol. The van der Waals surface area contributed by atoms with Crippen LogP contribution in [0.1, 0.15) is 34.7 Å². The van der Waals surface area contributed by atoms with Crippen LogP contribution in [0.25, 0.3) is 22.7 Å². The van der Waals surface area contributed by atoms with Gasteiger partial charge in [-0.3, -0.25) is 9.36 Å². The topological polar surface area (TPSA) is 59.4 Å². The van der Waals surface area contributed by atoms with Gasteiger partial charge in [-0.15, -0.1) is 0 Å². The first-order valence-corrected chi connectivity index (χ1v) is 12.9. The summed E-state index contributed by atoms with van der Waals surface area (Å²) < 4.78 is 7.97. The molecular formula is C30H23N3O2S. The maximum atomic E-state index is 13.9. The number of para-hydroxylation sites is 1. The average Bonchev–Trinajstić information content (AvgIpc) is 3.48. The van der Waals surface area contributed by atoms with Gasteiger partial charge in [0.2, 0.25) is 0 Å². The van der Waals surface area contributed by atoms with E-state index in [0.29, 0.717) is 4.53 Å². The lowest BCUT2D eigenvalue weighted by molar-refractivity contribution is 0.414. The number of aryl methyl sites for hydroxylation is 1. The van der Waals surface area contributed by atoms with E-state index in [9.17, 15) is 4.79 Å². The van der Waals surface area contributed by atoms with Crippen LogP contribution < -0.4 is 19.6 Å². The van der Waals surface area contributed by atoms with Crippen LogP contribution in [-0.2, 0) is 6.42 Å². The van der Waals surface area contributed by atoms with E-state index in [1.165, 1.54) is 28.0 Å². The van der Waals surface area contributed by atoms with Crippen molar-refractivity contribution in [1.29, 1.82) is 0 Å². The molecule has 1 aliphatic heterocycles. The lowest BCUT2D eigenvalue weighted by atomic mass is 9.83. The molecule has 2 aliphatic rings. The number of rotatable bonds is 3. The molecule has 6 heteroatoms. The largest absolute Gasteiger partial charge is 0.497 e. The Kier molecular flexibility index (Phi) is 4.82. The third kappa shape index (κ3) is 3.22. The number of fused-ring (bicyclic) bond motifs is 4. The zero-order chi connectivity index (χ0) is 24.2. The zero-order valence-electron chi connectivity index (χ0n) is 19.7. The predicted octanol–water partition coefficient (Wildman–Crippen LogP) is 4.81. The molecule has 1 atom stereocenters. The molecule has 1 aliphatic carbocycles. The molecule has 5 aromatic rings. The van der Waals surface area contributed by atoms with Crippen molar-refractivity contribution >= 4 is 34.0 Å². The maximum Gasteiger partial charge on any atom is 0.271 e. The summed E-state index contributed by atoms with van der Waals surface area (Å²) in [5.41, 5.74) is 7.82. The van der Waals surface area contributed by atoms with Crippen molar-refractivity contribution in [2.75, 3.05) is 7.11 Å². The Balaban J connectivity index is 1.48. The summed E-state index contributed by atoms with van der Waals surface area (Å²) in [5.74, 6) is 0.800. The molecule has 1 N–H and O–H groups in total. The summed E-state index contributed by atoms with van der Waals surface area (Å²) in [6.07, 6.45) is 5.77. The molecule has 0 fully saturated rings. The van der Waals surface area contributed by atoms with E-state index in [1.54, 1.807) is 7.11 Å². The van der Waals surface area contributed by atoms with Crippen LogP contribution >= 0.6 is 11.3 Å². The summed E-state index contributed by atoms with van der Waals surface area (Å²) in [7, 11) is 1.67. The highest BCUT2D eigenvalue weighted by Crippen LogP contribution is 2.41. The van der Waals surface area contributed by atoms with Crippen molar-refractivity contribution < 1.29 is 4.74 Å². The molecule has 0 saturated carbocycles. The number of thiazole rings is 1. The third-order valence-corrected chi connectivity index (χ3v) is 8.20. The molecule has 0 amide bonds. The number of allylic oxidation sites excluding steroid dienone is 1. The van der Waals surface area contributed by atoms with E-state index in [4.69, 9.17) is 9.73 Å². The van der Waals surface area contributed by atoms with Gasteiger partial charge in [0.15, 0.2) is 4.80 Å². The summed E-state index contributed by atoms with van der Waals surface area (Å²) in [5, 5.41) is 1.10. The number of nitrogens with one attached hydrogen (secondary N) is 1. The standard InChI is InChI=1S/C30H23N3O2S/c1-35-21-13-10-19(11-14-21)28-24-15-12-18-6-2-3-8-23(18)27(24)32-30-33(28)29(34)26(36-30)16-20-17-31-25-9-5-4-7-22(20)25/h2-11,13-14,16-17,28,31H,12,15H2,1H3/b26-16+/t28-/m0/s1. The second-order valence-corrected chi connectivity index (χ2v) is 10.2.